The number of esters is 2. The van der Waals surface area contributed by atoms with Crippen LogP contribution in [0.2, 0.25) is 0 Å². The highest BCUT2D eigenvalue weighted by Crippen LogP contribution is 2.52. The minimum atomic E-state index is -0.571. The number of amides is 2. The lowest BCUT2D eigenvalue weighted by molar-refractivity contribution is -0.164. The van der Waals surface area contributed by atoms with Crippen LogP contribution in [0.5, 0.6) is 0 Å². The number of amidine groups is 2. The third-order valence-corrected chi connectivity index (χ3v) is 15.1. The molecule has 3 N–H and O–H groups in total. The van der Waals surface area contributed by atoms with E-state index < -0.39 is 29.9 Å². The van der Waals surface area contributed by atoms with Crippen molar-refractivity contribution in [1.29, 1.82) is 0 Å². The topological polar surface area (TPSA) is 151 Å². The Kier molecular flexibility index (Phi) is 15.8. The summed E-state index contributed by atoms with van der Waals surface area (Å²) in [5, 5.41) is 5.95. The van der Waals surface area contributed by atoms with Gasteiger partial charge in [-0.2, -0.15) is 0 Å². The lowest BCUT2D eigenvalue weighted by atomic mass is 9.59. The van der Waals surface area contributed by atoms with Crippen molar-refractivity contribution in [1.82, 2.24) is 10.3 Å². The Morgan fingerprint density at radius 3 is 1.41 bits per heavy atom. The van der Waals surface area contributed by atoms with Crippen LogP contribution in [-0.4, -0.2) is 52.6 Å². The van der Waals surface area contributed by atoms with Gasteiger partial charge in [0.25, 0.3) is 11.8 Å². The Morgan fingerprint density at radius 1 is 0.609 bits per heavy atom. The zero-order valence-corrected chi connectivity index (χ0v) is 44.5. The average Bonchev–Trinajstić information content (AvgIpc) is 3.79. The van der Waals surface area contributed by atoms with Gasteiger partial charge in [-0.3, -0.25) is 9.59 Å². The van der Waals surface area contributed by atoms with Gasteiger partial charge in [-0.25, -0.2) is 19.6 Å². The van der Waals surface area contributed by atoms with E-state index in [9.17, 15) is 9.59 Å². The lowest BCUT2D eigenvalue weighted by Crippen LogP contribution is -2.50. The SMILES string of the molecule is CCC1=C(C(=O)OC2C(C(C)(C)C)CC(C)CC2C(C)(C)C)C(NC(=O)c2ccccc2)=NC1=Nc1[nH]c(NC(=O)c2ccccc2)c(C(=O)OC2C(C(C)(C)C)CC(C)CC2C(C)(C)C)c1CC. The summed E-state index contributed by atoms with van der Waals surface area (Å²) in [6.07, 6.45) is 3.55. The highest BCUT2D eigenvalue weighted by molar-refractivity contribution is 6.34. The number of hydrogen-bond acceptors (Lipinski definition) is 7. The molecule has 0 radical (unpaired) electrons. The number of nitrogens with zero attached hydrogens (tertiary/aromatic N) is 2. The van der Waals surface area contributed by atoms with E-state index in [0.717, 1.165) is 25.7 Å². The van der Waals surface area contributed by atoms with Crippen molar-refractivity contribution in [2.75, 3.05) is 5.32 Å². The van der Waals surface area contributed by atoms with Gasteiger partial charge in [0.1, 0.15) is 40.8 Å². The molecule has 11 heteroatoms. The standard InChI is InChI=1S/C58H81N5O6/c1-17-37-43(53(66)68-45-39(55(5,6)7)29-33(3)30-40(45)56(8,9)10)49(62-51(64)35-25-21-19-22-26-35)60-47(37)59-48-38(18-2)44(50(61-48)63-52(65)36-27-23-20-24-28-36)54(67)69-46-41(57(11,12)13)31-34(4)32-42(46)58(14,15)16/h19-28,33-34,39-42,45-46,60H,17-18,29-32H2,1-16H3,(H,62,64)(H,59,61,63,65). The number of aromatic amines is 1. The lowest BCUT2D eigenvalue weighted by Gasteiger charge is -2.50. The zero-order chi connectivity index (χ0) is 51.0. The summed E-state index contributed by atoms with van der Waals surface area (Å²) in [7, 11) is 0. The summed E-state index contributed by atoms with van der Waals surface area (Å²) in [4.78, 5) is 71.4. The Labute approximate surface area is 412 Å². The molecule has 69 heavy (non-hydrogen) atoms. The fraction of sp³-hybridized carbons (Fsp3) is 0.586. The number of aromatic nitrogens is 1. The first-order valence-corrected chi connectivity index (χ1v) is 25.4. The van der Waals surface area contributed by atoms with Crippen molar-refractivity contribution in [2.45, 2.75) is 162 Å². The molecule has 2 fully saturated rings. The number of ether oxygens (including phenoxy) is 2. The Morgan fingerprint density at radius 2 is 1.01 bits per heavy atom. The summed E-state index contributed by atoms with van der Waals surface area (Å²) >= 11 is 0. The molecule has 1 aromatic heterocycles. The predicted octanol–water partition coefficient (Wildman–Crippen LogP) is 13.4. The van der Waals surface area contributed by atoms with E-state index in [1.54, 1.807) is 48.5 Å². The van der Waals surface area contributed by atoms with Crippen LogP contribution in [0.25, 0.3) is 0 Å². The predicted molar refractivity (Wildman–Crippen MR) is 278 cm³/mol. The Balaban J connectivity index is 1.51. The molecule has 374 valence electrons. The van der Waals surface area contributed by atoms with Crippen molar-refractivity contribution in [3.05, 3.63) is 94.1 Å². The third kappa shape index (κ3) is 12.0. The summed E-state index contributed by atoms with van der Waals surface area (Å²) in [5.74, 6) is -0.0679. The third-order valence-electron chi connectivity index (χ3n) is 15.1. The van der Waals surface area contributed by atoms with Gasteiger partial charge in [0.2, 0.25) is 0 Å². The average molecular weight is 944 g/mol. The maximum absolute atomic E-state index is 15.1. The monoisotopic (exact) mass is 944 g/mol. The van der Waals surface area contributed by atoms with E-state index in [2.05, 4.69) is 113 Å². The summed E-state index contributed by atoms with van der Waals surface area (Å²) in [6.45, 7) is 35.0. The van der Waals surface area contributed by atoms with E-state index in [4.69, 9.17) is 19.5 Å². The zero-order valence-electron chi connectivity index (χ0n) is 44.5. The highest BCUT2D eigenvalue weighted by Gasteiger charge is 2.50. The highest BCUT2D eigenvalue weighted by atomic mass is 16.5. The number of anilines is 1. The Bertz CT molecular complexity index is 2410. The van der Waals surface area contributed by atoms with Gasteiger partial charge in [0, 0.05) is 45.9 Å². The Hall–Kier alpha value is -5.32. The number of carbonyl (C=O) groups is 4. The van der Waals surface area contributed by atoms with Crippen LogP contribution in [0.4, 0.5) is 11.6 Å². The molecular formula is C58H81N5O6. The molecule has 4 atom stereocenters. The fourth-order valence-electron chi connectivity index (χ4n) is 11.3. The molecule has 11 nitrogen and oxygen atoms in total. The van der Waals surface area contributed by atoms with Crippen molar-refractivity contribution < 1.29 is 28.7 Å². The largest absolute Gasteiger partial charge is 0.458 e. The van der Waals surface area contributed by atoms with Crippen molar-refractivity contribution in [2.24, 2.45) is 67.2 Å². The molecular weight excluding hydrogens is 863 g/mol. The number of carbonyl (C=O) groups excluding carboxylic acids is 4. The molecule has 2 heterocycles. The van der Waals surface area contributed by atoms with Crippen molar-refractivity contribution >= 4 is 47.1 Å². The maximum atomic E-state index is 15.1. The minimum Gasteiger partial charge on any atom is -0.458 e. The molecule has 2 aliphatic carbocycles. The second kappa shape index (κ2) is 20.6. The van der Waals surface area contributed by atoms with E-state index in [-0.39, 0.29) is 85.9 Å². The van der Waals surface area contributed by atoms with E-state index in [0.29, 0.717) is 46.9 Å². The van der Waals surface area contributed by atoms with Gasteiger partial charge < -0.3 is 25.1 Å². The molecule has 1 aliphatic heterocycles. The van der Waals surface area contributed by atoms with Crippen LogP contribution in [0.15, 0.2) is 81.8 Å². The quantitative estimate of drug-likeness (QED) is 0.172. The molecule has 0 saturated heterocycles. The molecule has 4 unspecified atom stereocenters. The molecule has 2 saturated carbocycles. The summed E-state index contributed by atoms with van der Waals surface area (Å²) in [5.41, 5.74) is 1.54. The normalized spacial score (nSPS) is 25.3. The maximum Gasteiger partial charge on any atom is 0.342 e. The number of rotatable bonds is 10. The molecule has 0 bridgehead atoms. The fourth-order valence-corrected chi connectivity index (χ4v) is 11.3. The number of nitrogens with one attached hydrogen (secondary N) is 3. The minimum absolute atomic E-state index is 0.0445. The van der Waals surface area contributed by atoms with Crippen LogP contribution in [-0.2, 0) is 20.7 Å². The first-order valence-electron chi connectivity index (χ1n) is 25.4. The molecule has 3 aromatic rings. The molecule has 2 amide bonds. The first kappa shape index (κ1) is 53.0. The molecule has 0 spiro atoms. The van der Waals surface area contributed by atoms with E-state index in [1.165, 1.54) is 0 Å². The number of aliphatic imine (C=N–C) groups is 2. The second-order valence-corrected chi connectivity index (χ2v) is 24.6. The van der Waals surface area contributed by atoms with Gasteiger partial charge in [0.15, 0.2) is 5.84 Å². The number of benzene rings is 2. The molecule has 6 rings (SSSR count). The number of H-pyrrole nitrogens is 1. The molecule has 3 aliphatic rings. The van der Waals surface area contributed by atoms with Gasteiger partial charge in [-0.05, 0) is 96.3 Å². The van der Waals surface area contributed by atoms with E-state index in [1.807, 2.05) is 26.0 Å². The van der Waals surface area contributed by atoms with Crippen LogP contribution in [0, 0.1) is 57.2 Å². The van der Waals surface area contributed by atoms with Gasteiger partial charge >= 0.3 is 11.9 Å². The second-order valence-electron chi connectivity index (χ2n) is 24.6. The van der Waals surface area contributed by atoms with E-state index >= 15 is 9.59 Å². The van der Waals surface area contributed by atoms with Crippen LogP contribution in [0.1, 0.15) is 180 Å². The summed E-state index contributed by atoms with van der Waals surface area (Å²) in [6, 6.07) is 17.6. The van der Waals surface area contributed by atoms with Crippen molar-refractivity contribution in [3.63, 3.8) is 0 Å². The number of hydrogen-bond donors (Lipinski definition) is 3. The summed E-state index contributed by atoms with van der Waals surface area (Å²) < 4.78 is 13.6. The van der Waals surface area contributed by atoms with Crippen LogP contribution in [0.3, 0.4) is 0 Å². The van der Waals surface area contributed by atoms with Crippen LogP contribution >= 0.6 is 0 Å². The molecule has 2 aromatic carbocycles. The van der Waals surface area contributed by atoms with Gasteiger partial charge in [0.05, 0.1) is 0 Å². The van der Waals surface area contributed by atoms with Crippen LogP contribution < -0.4 is 10.6 Å². The smallest absolute Gasteiger partial charge is 0.342 e. The first-order chi connectivity index (χ1) is 32.1. The van der Waals surface area contributed by atoms with Gasteiger partial charge in [-0.1, -0.05) is 147 Å². The van der Waals surface area contributed by atoms with Crippen molar-refractivity contribution in [3.8, 4) is 0 Å². The van der Waals surface area contributed by atoms with Gasteiger partial charge in [-0.15, -0.1) is 0 Å².